The van der Waals surface area contributed by atoms with Gasteiger partial charge in [-0.05, 0) is 37.6 Å². The summed E-state index contributed by atoms with van der Waals surface area (Å²) in [5, 5.41) is 3.38. The van der Waals surface area contributed by atoms with Crippen molar-refractivity contribution < 1.29 is 17.9 Å². The summed E-state index contributed by atoms with van der Waals surface area (Å²) in [6.45, 7) is 4.13. The molecule has 0 heterocycles. The molecular formula is C15H28F3NO. The number of hydrogen-bond donors (Lipinski definition) is 1. The summed E-state index contributed by atoms with van der Waals surface area (Å²) < 4.78 is 41.4. The molecule has 5 heteroatoms. The van der Waals surface area contributed by atoms with Gasteiger partial charge in [0.05, 0.1) is 6.61 Å². The van der Waals surface area contributed by atoms with Gasteiger partial charge in [-0.2, -0.15) is 13.2 Å². The van der Waals surface area contributed by atoms with E-state index in [9.17, 15) is 13.2 Å². The summed E-state index contributed by atoms with van der Waals surface area (Å²) in [6, 6.07) is 0.0617. The van der Waals surface area contributed by atoms with Crippen molar-refractivity contribution in [2.45, 2.75) is 64.6 Å². The molecule has 0 aliphatic heterocycles. The van der Waals surface area contributed by atoms with Crippen LogP contribution in [0, 0.1) is 11.8 Å². The van der Waals surface area contributed by atoms with Crippen LogP contribution in [0.5, 0.6) is 0 Å². The minimum Gasteiger partial charge on any atom is -0.370 e. The summed E-state index contributed by atoms with van der Waals surface area (Å²) in [5.41, 5.74) is 0. The maximum absolute atomic E-state index is 12.2. The van der Waals surface area contributed by atoms with Crippen molar-refractivity contribution in [3.63, 3.8) is 0 Å². The van der Waals surface area contributed by atoms with Crippen LogP contribution in [-0.2, 0) is 4.74 Å². The predicted octanol–water partition coefficient (Wildman–Crippen LogP) is 4.15. The van der Waals surface area contributed by atoms with Gasteiger partial charge < -0.3 is 10.1 Å². The van der Waals surface area contributed by atoms with Gasteiger partial charge in [-0.3, -0.25) is 0 Å². The Bertz CT molecular complexity index is 258. The van der Waals surface area contributed by atoms with E-state index in [0.29, 0.717) is 5.92 Å². The highest BCUT2D eigenvalue weighted by atomic mass is 19.4. The fraction of sp³-hybridized carbons (Fsp3) is 1.00. The minimum absolute atomic E-state index is 0.0617. The topological polar surface area (TPSA) is 21.3 Å². The average molecular weight is 295 g/mol. The second-order valence-electron chi connectivity index (χ2n) is 5.89. The van der Waals surface area contributed by atoms with E-state index in [1.807, 2.05) is 0 Å². The Morgan fingerprint density at radius 2 is 2.00 bits per heavy atom. The molecule has 0 aromatic rings. The van der Waals surface area contributed by atoms with E-state index in [4.69, 9.17) is 4.74 Å². The fourth-order valence-electron chi connectivity index (χ4n) is 3.06. The van der Waals surface area contributed by atoms with Crippen molar-refractivity contribution >= 4 is 0 Å². The molecular weight excluding hydrogens is 267 g/mol. The van der Waals surface area contributed by atoms with Crippen LogP contribution in [0.25, 0.3) is 0 Å². The molecule has 0 spiro atoms. The van der Waals surface area contributed by atoms with Crippen LogP contribution in [0.3, 0.4) is 0 Å². The van der Waals surface area contributed by atoms with Crippen LogP contribution in [-0.4, -0.2) is 32.0 Å². The number of rotatable bonds is 8. The summed E-state index contributed by atoms with van der Waals surface area (Å²) in [4.78, 5) is 0. The van der Waals surface area contributed by atoms with Gasteiger partial charge in [-0.15, -0.1) is 0 Å². The number of alkyl halides is 3. The Morgan fingerprint density at radius 3 is 2.60 bits per heavy atom. The fourth-order valence-corrected chi connectivity index (χ4v) is 3.06. The van der Waals surface area contributed by atoms with Crippen molar-refractivity contribution in [1.82, 2.24) is 5.32 Å². The Balaban J connectivity index is 2.45. The maximum Gasteiger partial charge on any atom is 0.411 e. The number of halogens is 3. The van der Waals surface area contributed by atoms with Crippen LogP contribution in [0.1, 0.15) is 52.4 Å². The lowest BCUT2D eigenvalue weighted by molar-refractivity contribution is -0.176. The molecule has 2 nitrogen and oxygen atoms in total. The van der Waals surface area contributed by atoms with Gasteiger partial charge >= 0.3 is 6.18 Å². The smallest absolute Gasteiger partial charge is 0.370 e. The molecule has 0 radical (unpaired) electrons. The third kappa shape index (κ3) is 6.93. The van der Waals surface area contributed by atoms with E-state index in [-0.39, 0.29) is 12.6 Å². The second-order valence-corrected chi connectivity index (χ2v) is 5.89. The van der Waals surface area contributed by atoms with Crippen LogP contribution >= 0.6 is 0 Å². The Morgan fingerprint density at radius 1 is 1.25 bits per heavy atom. The van der Waals surface area contributed by atoms with E-state index >= 15 is 0 Å². The number of ether oxygens (including phenoxy) is 1. The van der Waals surface area contributed by atoms with Crippen molar-refractivity contribution in [2.24, 2.45) is 11.8 Å². The Hall–Kier alpha value is -0.290. The first-order valence-corrected chi connectivity index (χ1v) is 7.84. The van der Waals surface area contributed by atoms with Crippen molar-refractivity contribution in [2.75, 3.05) is 19.8 Å². The molecule has 1 rings (SSSR count). The minimum atomic E-state index is -4.23. The largest absolute Gasteiger partial charge is 0.411 e. The van der Waals surface area contributed by atoms with E-state index in [1.54, 1.807) is 0 Å². The monoisotopic (exact) mass is 295 g/mol. The van der Waals surface area contributed by atoms with Gasteiger partial charge in [-0.25, -0.2) is 0 Å². The van der Waals surface area contributed by atoms with Crippen LogP contribution in [0.15, 0.2) is 0 Å². The molecule has 0 aromatic heterocycles. The maximum atomic E-state index is 12.2. The molecule has 1 aliphatic rings. The van der Waals surface area contributed by atoms with Crippen LogP contribution < -0.4 is 5.32 Å². The van der Waals surface area contributed by atoms with Gasteiger partial charge in [0.1, 0.15) is 6.61 Å². The molecule has 1 N–H and O–H groups in total. The molecule has 20 heavy (non-hydrogen) atoms. The van der Waals surface area contributed by atoms with E-state index < -0.39 is 12.8 Å². The van der Waals surface area contributed by atoms with Gasteiger partial charge in [0.15, 0.2) is 0 Å². The van der Waals surface area contributed by atoms with E-state index in [0.717, 1.165) is 31.7 Å². The molecule has 3 atom stereocenters. The van der Waals surface area contributed by atoms with Crippen LogP contribution in [0.2, 0.25) is 0 Å². The molecule has 1 aliphatic carbocycles. The lowest BCUT2D eigenvalue weighted by Gasteiger charge is -2.35. The summed E-state index contributed by atoms with van der Waals surface area (Å²) in [7, 11) is 0. The molecule has 1 fully saturated rings. The Kier molecular flexibility index (Phi) is 7.88. The zero-order valence-electron chi connectivity index (χ0n) is 12.6. The number of nitrogens with one attached hydrogen (secondary N) is 1. The third-order valence-electron chi connectivity index (χ3n) is 4.19. The first kappa shape index (κ1) is 17.8. The SMILES string of the molecule is CCCNC(COCC(F)(F)F)C1CCCC(CC)C1. The van der Waals surface area contributed by atoms with Gasteiger partial charge in [0, 0.05) is 6.04 Å². The normalized spacial score (nSPS) is 25.6. The van der Waals surface area contributed by atoms with Crippen molar-refractivity contribution in [3.05, 3.63) is 0 Å². The molecule has 120 valence electrons. The predicted molar refractivity (Wildman–Crippen MR) is 74.7 cm³/mol. The van der Waals surface area contributed by atoms with Crippen molar-refractivity contribution in [3.8, 4) is 0 Å². The van der Waals surface area contributed by atoms with E-state index in [1.165, 1.54) is 19.3 Å². The first-order chi connectivity index (χ1) is 9.46. The standard InChI is InChI=1S/C15H28F3NO/c1-3-8-19-14(10-20-11-15(16,17)18)13-7-5-6-12(4-2)9-13/h12-14,19H,3-11H2,1-2H3. The highest BCUT2D eigenvalue weighted by Crippen LogP contribution is 2.33. The second kappa shape index (κ2) is 8.88. The molecule has 0 amide bonds. The van der Waals surface area contributed by atoms with Crippen molar-refractivity contribution in [1.29, 1.82) is 0 Å². The van der Waals surface area contributed by atoms with Gasteiger partial charge in [-0.1, -0.05) is 33.1 Å². The molecule has 0 bridgehead atoms. The molecule has 0 saturated heterocycles. The lowest BCUT2D eigenvalue weighted by atomic mass is 9.77. The highest BCUT2D eigenvalue weighted by Gasteiger charge is 2.31. The quantitative estimate of drug-likeness (QED) is 0.726. The number of hydrogen-bond acceptors (Lipinski definition) is 2. The molecule has 3 unspecified atom stereocenters. The zero-order chi connectivity index (χ0) is 15.0. The van der Waals surface area contributed by atoms with Crippen LogP contribution in [0.4, 0.5) is 13.2 Å². The summed E-state index contributed by atoms with van der Waals surface area (Å²) in [6.07, 6.45) is 2.60. The summed E-state index contributed by atoms with van der Waals surface area (Å²) >= 11 is 0. The average Bonchev–Trinajstić information content (AvgIpc) is 2.41. The van der Waals surface area contributed by atoms with Gasteiger partial charge in [0.25, 0.3) is 0 Å². The third-order valence-corrected chi connectivity index (χ3v) is 4.19. The lowest BCUT2D eigenvalue weighted by Crippen LogP contribution is -2.43. The Labute approximate surface area is 120 Å². The molecule has 0 aromatic carbocycles. The molecule has 1 saturated carbocycles. The van der Waals surface area contributed by atoms with Gasteiger partial charge in [0.2, 0.25) is 0 Å². The highest BCUT2D eigenvalue weighted by molar-refractivity contribution is 4.82. The first-order valence-electron chi connectivity index (χ1n) is 7.84. The van der Waals surface area contributed by atoms with E-state index in [2.05, 4.69) is 19.2 Å². The summed E-state index contributed by atoms with van der Waals surface area (Å²) in [5.74, 6) is 1.18. The zero-order valence-corrected chi connectivity index (χ0v) is 12.6.